The van der Waals surface area contributed by atoms with Crippen LogP contribution < -0.4 is 4.72 Å². The van der Waals surface area contributed by atoms with Crippen LogP contribution in [-0.2, 0) is 16.6 Å². The van der Waals surface area contributed by atoms with Crippen LogP contribution in [0.4, 0.5) is 4.39 Å². The highest BCUT2D eigenvalue weighted by Gasteiger charge is 2.14. The number of hydrogen-bond acceptors (Lipinski definition) is 2. The summed E-state index contributed by atoms with van der Waals surface area (Å²) < 4.78 is 39.4. The largest absolute Gasteiger partial charge is 0.367 e. The third kappa shape index (κ3) is 2.77. The van der Waals surface area contributed by atoms with Gasteiger partial charge in [-0.25, -0.2) is 17.5 Å². The van der Waals surface area contributed by atoms with Crippen molar-refractivity contribution in [1.29, 1.82) is 0 Å². The zero-order valence-corrected chi connectivity index (χ0v) is 10.6. The number of benzene rings is 1. The third-order valence-corrected chi connectivity index (χ3v) is 3.97. The molecule has 0 bridgehead atoms. The van der Waals surface area contributed by atoms with Crippen molar-refractivity contribution >= 4 is 10.0 Å². The fourth-order valence-corrected chi connectivity index (χ4v) is 2.62. The van der Waals surface area contributed by atoms with E-state index in [9.17, 15) is 12.8 Å². The Morgan fingerprint density at radius 1 is 1.33 bits per heavy atom. The van der Waals surface area contributed by atoms with Crippen LogP contribution in [0.1, 0.15) is 11.1 Å². The monoisotopic (exact) mass is 268 g/mol. The molecule has 2 rings (SSSR count). The van der Waals surface area contributed by atoms with Gasteiger partial charge in [-0.1, -0.05) is 0 Å². The van der Waals surface area contributed by atoms with E-state index in [0.29, 0.717) is 5.56 Å². The van der Waals surface area contributed by atoms with Crippen LogP contribution in [0, 0.1) is 12.7 Å². The van der Waals surface area contributed by atoms with E-state index >= 15 is 0 Å². The van der Waals surface area contributed by atoms with Crippen molar-refractivity contribution in [3.8, 4) is 0 Å². The van der Waals surface area contributed by atoms with Crippen LogP contribution in [0.3, 0.4) is 0 Å². The summed E-state index contributed by atoms with van der Waals surface area (Å²) in [7, 11) is -3.61. The molecule has 0 aliphatic heterocycles. The van der Waals surface area contributed by atoms with Crippen molar-refractivity contribution < 1.29 is 12.8 Å². The predicted octanol–water partition coefficient (Wildman–Crippen LogP) is 1.94. The molecule has 0 spiro atoms. The average Bonchev–Trinajstić information content (AvgIpc) is 2.83. The molecule has 1 aromatic heterocycles. The molecule has 0 saturated heterocycles. The molecule has 1 aromatic carbocycles. The Bertz CT molecular complexity index is 636. The van der Waals surface area contributed by atoms with E-state index in [4.69, 9.17) is 0 Å². The second-order valence-electron chi connectivity index (χ2n) is 3.95. The molecule has 0 radical (unpaired) electrons. The Labute approximate surface area is 105 Å². The molecule has 4 nitrogen and oxygen atoms in total. The molecule has 18 heavy (non-hydrogen) atoms. The minimum Gasteiger partial charge on any atom is -0.367 e. The van der Waals surface area contributed by atoms with Crippen LogP contribution in [0.5, 0.6) is 0 Å². The summed E-state index contributed by atoms with van der Waals surface area (Å²) in [4.78, 5) is 2.90. The van der Waals surface area contributed by atoms with Gasteiger partial charge in [-0.05, 0) is 42.3 Å². The quantitative estimate of drug-likeness (QED) is 0.890. The predicted molar refractivity (Wildman–Crippen MR) is 66.0 cm³/mol. The molecule has 0 aliphatic rings. The summed E-state index contributed by atoms with van der Waals surface area (Å²) in [5.41, 5.74) is 1.14. The van der Waals surface area contributed by atoms with Crippen molar-refractivity contribution in [3.63, 3.8) is 0 Å². The van der Waals surface area contributed by atoms with Gasteiger partial charge in [-0.3, -0.25) is 0 Å². The van der Waals surface area contributed by atoms with E-state index in [2.05, 4.69) is 9.71 Å². The molecular formula is C12H13FN2O2S. The standard InChI is InChI=1S/C12H13FN2O2S/c1-9-6-11(2-3-12(9)13)18(16,17)15-8-10-4-5-14-7-10/h2-7,14-15H,8H2,1H3. The molecule has 0 amide bonds. The van der Waals surface area contributed by atoms with E-state index in [0.717, 1.165) is 11.6 Å². The maximum absolute atomic E-state index is 13.1. The maximum Gasteiger partial charge on any atom is 0.240 e. The first-order valence-corrected chi connectivity index (χ1v) is 6.85. The van der Waals surface area contributed by atoms with Crippen molar-refractivity contribution in [2.45, 2.75) is 18.4 Å². The van der Waals surface area contributed by atoms with Gasteiger partial charge in [-0.15, -0.1) is 0 Å². The second kappa shape index (κ2) is 4.91. The number of H-pyrrole nitrogens is 1. The van der Waals surface area contributed by atoms with Gasteiger partial charge in [0, 0.05) is 18.9 Å². The van der Waals surface area contributed by atoms with E-state index in [1.165, 1.54) is 19.1 Å². The number of aryl methyl sites for hydroxylation is 1. The molecule has 96 valence electrons. The minimum absolute atomic E-state index is 0.0666. The molecule has 0 aliphatic carbocycles. The Hall–Kier alpha value is -1.66. The molecule has 1 heterocycles. The molecule has 2 N–H and O–H groups in total. The fraction of sp³-hybridized carbons (Fsp3) is 0.167. The Morgan fingerprint density at radius 2 is 2.11 bits per heavy atom. The molecular weight excluding hydrogens is 255 g/mol. The summed E-state index contributed by atoms with van der Waals surface area (Å²) in [5, 5.41) is 0. The van der Waals surface area contributed by atoms with Gasteiger partial charge < -0.3 is 4.98 Å². The summed E-state index contributed by atoms with van der Waals surface area (Å²) in [6, 6.07) is 5.50. The van der Waals surface area contributed by atoms with Gasteiger partial charge >= 0.3 is 0 Å². The van der Waals surface area contributed by atoms with Crippen LogP contribution in [0.15, 0.2) is 41.6 Å². The number of hydrogen-bond donors (Lipinski definition) is 2. The van der Waals surface area contributed by atoms with E-state index in [-0.39, 0.29) is 11.4 Å². The van der Waals surface area contributed by atoms with E-state index < -0.39 is 15.8 Å². The van der Waals surface area contributed by atoms with Crippen molar-refractivity contribution in [3.05, 3.63) is 53.6 Å². The summed E-state index contributed by atoms with van der Waals surface area (Å²) in [5.74, 6) is -0.417. The van der Waals surface area contributed by atoms with Gasteiger partial charge in [-0.2, -0.15) is 0 Å². The summed E-state index contributed by atoms with van der Waals surface area (Å²) >= 11 is 0. The number of nitrogens with one attached hydrogen (secondary N) is 2. The lowest BCUT2D eigenvalue weighted by atomic mass is 10.2. The van der Waals surface area contributed by atoms with Crippen LogP contribution in [-0.4, -0.2) is 13.4 Å². The van der Waals surface area contributed by atoms with Gasteiger partial charge in [0.15, 0.2) is 0 Å². The van der Waals surface area contributed by atoms with Gasteiger partial charge in [0.05, 0.1) is 4.90 Å². The third-order valence-electron chi connectivity index (χ3n) is 2.57. The average molecular weight is 268 g/mol. The van der Waals surface area contributed by atoms with Gasteiger partial charge in [0.2, 0.25) is 10.0 Å². The first-order valence-electron chi connectivity index (χ1n) is 5.36. The Kier molecular flexibility index (Phi) is 3.49. The summed E-state index contributed by atoms with van der Waals surface area (Å²) in [6.45, 7) is 1.72. The fourth-order valence-electron chi connectivity index (χ4n) is 1.51. The molecule has 0 unspecified atom stereocenters. The number of rotatable bonds is 4. The highest BCUT2D eigenvalue weighted by molar-refractivity contribution is 7.89. The number of aromatic amines is 1. The molecule has 2 aromatic rings. The molecule has 0 saturated carbocycles. The van der Waals surface area contributed by atoms with Crippen LogP contribution in [0.25, 0.3) is 0 Å². The first kappa shape index (κ1) is 12.8. The highest BCUT2D eigenvalue weighted by atomic mass is 32.2. The highest BCUT2D eigenvalue weighted by Crippen LogP contribution is 2.14. The topological polar surface area (TPSA) is 62.0 Å². The minimum atomic E-state index is -3.61. The van der Waals surface area contributed by atoms with Gasteiger partial charge in [0.1, 0.15) is 5.82 Å². The molecule has 0 fully saturated rings. The lowest BCUT2D eigenvalue weighted by Gasteiger charge is -2.07. The Balaban J connectivity index is 2.17. The zero-order valence-electron chi connectivity index (χ0n) is 9.77. The SMILES string of the molecule is Cc1cc(S(=O)(=O)NCc2cc[nH]c2)ccc1F. The van der Waals surface area contributed by atoms with Gasteiger partial charge in [0.25, 0.3) is 0 Å². The molecule has 6 heteroatoms. The first-order chi connectivity index (χ1) is 8.49. The van der Waals surface area contributed by atoms with E-state index in [1.54, 1.807) is 18.5 Å². The number of sulfonamides is 1. The van der Waals surface area contributed by atoms with E-state index in [1.807, 2.05) is 0 Å². The van der Waals surface area contributed by atoms with Crippen molar-refractivity contribution in [2.75, 3.05) is 0 Å². The van der Waals surface area contributed by atoms with Crippen LogP contribution in [0.2, 0.25) is 0 Å². The van der Waals surface area contributed by atoms with Crippen molar-refractivity contribution in [1.82, 2.24) is 9.71 Å². The zero-order chi connectivity index (χ0) is 13.2. The lowest BCUT2D eigenvalue weighted by molar-refractivity contribution is 0.579. The smallest absolute Gasteiger partial charge is 0.240 e. The number of aromatic nitrogens is 1. The van der Waals surface area contributed by atoms with Crippen LogP contribution >= 0.6 is 0 Å². The maximum atomic E-state index is 13.1. The Morgan fingerprint density at radius 3 is 2.72 bits per heavy atom. The number of halogens is 1. The molecule has 0 atom stereocenters. The normalized spacial score (nSPS) is 11.7. The van der Waals surface area contributed by atoms with Crippen molar-refractivity contribution in [2.24, 2.45) is 0 Å². The second-order valence-corrected chi connectivity index (χ2v) is 5.72. The summed E-state index contributed by atoms with van der Waals surface area (Å²) in [6.07, 6.45) is 3.42. The lowest BCUT2D eigenvalue weighted by Crippen LogP contribution is -2.23.